The average Bonchev–Trinajstić information content (AvgIpc) is 2.42. The summed E-state index contributed by atoms with van der Waals surface area (Å²) in [5, 5.41) is 0. The number of nitrogens with zero attached hydrogens (tertiary/aromatic N) is 2. The summed E-state index contributed by atoms with van der Waals surface area (Å²) in [5.74, 6) is 1.50. The average molecular weight is 341 g/mol. The van der Waals surface area contributed by atoms with Gasteiger partial charge in [0.1, 0.15) is 12.4 Å². The van der Waals surface area contributed by atoms with Crippen molar-refractivity contribution in [3.8, 4) is 5.75 Å². The Morgan fingerprint density at radius 3 is 2.55 bits per heavy atom. The molecule has 0 atom stereocenters. The van der Waals surface area contributed by atoms with Crippen LogP contribution in [-0.2, 0) is 0 Å². The fraction of sp³-hybridized carbons (Fsp3) is 0.625. The second-order valence-corrected chi connectivity index (χ2v) is 6.75. The topological polar surface area (TPSA) is 15.7 Å². The summed E-state index contributed by atoms with van der Waals surface area (Å²) in [4.78, 5) is 4.86. The van der Waals surface area contributed by atoms with Crippen LogP contribution in [0.15, 0.2) is 22.7 Å². The number of hydrogen-bond acceptors (Lipinski definition) is 3. The molecule has 1 aliphatic heterocycles. The maximum absolute atomic E-state index is 6.01. The highest BCUT2D eigenvalue weighted by molar-refractivity contribution is 9.10. The molecule has 0 radical (unpaired) electrons. The van der Waals surface area contributed by atoms with E-state index in [4.69, 9.17) is 4.74 Å². The third-order valence-corrected chi connectivity index (χ3v) is 4.35. The Morgan fingerprint density at radius 1 is 1.20 bits per heavy atom. The zero-order valence-electron chi connectivity index (χ0n) is 12.7. The minimum atomic E-state index is 0.478. The maximum Gasteiger partial charge on any atom is 0.122 e. The predicted octanol–water partition coefficient (Wildman–Crippen LogP) is 3.20. The maximum atomic E-state index is 6.01. The zero-order chi connectivity index (χ0) is 14.5. The Labute approximate surface area is 131 Å². The van der Waals surface area contributed by atoms with Crippen molar-refractivity contribution in [2.75, 3.05) is 46.4 Å². The molecule has 0 aromatic heterocycles. The molecule has 4 heteroatoms. The molecule has 0 aliphatic carbocycles. The molecule has 1 aromatic carbocycles. The lowest BCUT2D eigenvalue weighted by Gasteiger charge is -2.32. The zero-order valence-corrected chi connectivity index (χ0v) is 14.3. The van der Waals surface area contributed by atoms with E-state index in [1.165, 1.54) is 5.56 Å². The molecule has 3 nitrogen and oxygen atoms in total. The van der Waals surface area contributed by atoms with Crippen LogP contribution in [0.25, 0.3) is 0 Å². The third-order valence-electron chi connectivity index (χ3n) is 3.85. The Bertz CT molecular complexity index is 428. The van der Waals surface area contributed by atoms with Crippen LogP contribution in [0.1, 0.15) is 25.3 Å². The second-order valence-electron chi connectivity index (χ2n) is 5.83. The number of rotatable bonds is 5. The van der Waals surface area contributed by atoms with Gasteiger partial charge in [0.15, 0.2) is 0 Å². The minimum absolute atomic E-state index is 0.478. The van der Waals surface area contributed by atoms with Crippen LogP contribution >= 0.6 is 15.9 Å². The van der Waals surface area contributed by atoms with Gasteiger partial charge in [0.05, 0.1) is 0 Å². The van der Waals surface area contributed by atoms with Crippen LogP contribution in [0.3, 0.4) is 0 Å². The Morgan fingerprint density at radius 2 is 1.90 bits per heavy atom. The lowest BCUT2D eigenvalue weighted by Crippen LogP contribution is -2.45. The van der Waals surface area contributed by atoms with E-state index in [1.807, 2.05) is 0 Å². The van der Waals surface area contributed by atoms with E-state index < -0.39 is 0 Å². The smallest absolute Gasteiger partial charge is 0.122 e. The van der Waals surface area contributed by atoms with Gasteiger partial charge in [-0.2, -0.15) is 0 Å². The van der Waals surface area contributed by atoms with Gasteiger partial charge in [0.2, 0.25) is 0 Å². The molecule has 0 saturated carbocycles. The van der Waals surface area contributed by atoms with Gasteiger partial charge in [-0.25, -0.2) is 0 Å². The molecule has 1 saturated heterocycles. The van der Waals surface area contributed by atoms with E-state index in [0.717, 1.165) is 49.6 Å². The van der Waals surface area contributed by atoms with Gasteiger partial charge in [-0.05, 0) is 36.7 Å². The van der Waals surface area contributed by atoms with Crippen LogP contribution in [0, 0.1) is 0 Å². The van der Waals surface area contributed by atoms with E-state index >= 15 is 0 Å². The molecule has 0 amide bonds. The van der Waals surface area contributed by atoms with Gasteiger partial charge < -0.3 is 9.64 Å². The van der Waals surface area contributed by atoms with Gasteiger partial charge in [-0.1, -0.05) is 29.8 Å². The Kier molecular flexibility index (Phi) is 5.87. The van der Waals surface area contributed by atoms with Crippen molar-refractivity contribution in [2.24, 2.45) is 0 Å². The Balaban J connectivity index is 1.85. The first-order valence-corrected chi connectivity index (χ1v) is 8.18. The van der Waals surface area contributed by atoms with Gasteiger partial charge in [-0.15, -0.1) is 0 Å². The van der Waals surface area contributed by atoms with Gasteiger partial charge in [0, 0.05) is 37.2 Å². The number of benzene rings is 1. The van der Waals surface area contributed by atoms with E-state index in [-0.39, 0.29) is 0 Å². The van der Waals surface area contributed by atoms with Crippen LogP contribution in [-0.4, -0.2) is 56.2 Å². The molecule has 1 aromatic rings. The molecule has 1 heterocycles. The fourth-order valence-corrected chi connectivity index (χ4v) is 2.84. The third kappa shape index (κ3) is 4.47. The first kappa shape index (κ1) is 15.8. The van der Waals surface area contributed by atoms with Crippen molar-refractivity contribution in [1.29, 1.82) is 0 Å². The lowest BCUT2D eigenvalue weighted by molar-refractivity contribution is 0.133. The van der Waals surface area contributed by atoms with E-state index in [9.17, 15) is 0 Å². The summed E-state index contributed by atoms with van der Waals surface area (Å²) < 4.78 is 7.13. The van der Waals surface area contributed by atoms with Crippen molar-refractivity contribution < 1.29 is 4.74 Å². The highest BCUT2D eigenvalue weighted by atomic mass is 79.9. The molecular formula is C16H25BrN2O. The summed E-state index contributed by atoms with van der Waals surface area (Å²) in [6.07, 6.45) is 0. The van der Waals surface area contributed by atoms with E-state index in [1.54, 1.807) is 0 Å². The molecule has 0 unspecified atom stereocenters. The highest BCUT2D eigenvalue weighted by Crippen LogP contribution is 2.29. The molecular weight excluding hydrogens is 316 g/mol. The van der Waals surface area contributed by atoms with Crippen molar-refractivity contribution in [2.45, 2.75) is 19.8 Å². The lowest BCUT2D eigenvalue weighted by atomic mass is 10.0. The summed E-state index contributed by atoms with van der Waals surface area (Å²) in [5.41, 5.74) is 1.28. The predicted molar refractivity (Wildman–Crippen MR) is 87.7 cm³/mol. The number of piperazine rings is 1. The van der Waals surface area contributed by atoms with Gasteiger partial charge in [-0.3, -0.25) is 4.90 Å². The molecule has 112 valence electrons. The first-order chi connectivity index (χ1) is 9.56. The molecule has 2 rings (SSSR count). The minimum Gasteiger partial charge on any atom is -0.492 e. The molecule has 0 spiro atoms. The molecule has 1 aliphatic rings. The second kappa shape index (κ2) is 7.43. The molecule has 0 N–H and O–H groups in total. The van der Waals surface area contributed by atoms with E-state index in [2.05, 4.69) is 64.8 Å². The monoisotopic (exact) mass is 340 g/mol. The van der Waals surface area contributed by atoms with Crippen LogP contribution in [0.5, 0.6) is 5.75 Å². The summed E-state index contributed by atoms with van der Waals surface area (Å²) in [6.45, 7) is 10.8. The van der Waals surface area contributed by atoms with Crippen molar-refractivity contribution in [1.82, 2.24) is 9.80 Å². The largest absolute Gasteiger partial charge is 0.492 e. The van der Waals surface area contributed by atoms with Crippen LogP contribution < -0.4 is 4.74 Å². The number of ether oxygens (including phenoxy) is 1. The quantitative estimate of drug-likeness (QED) is 0.818. The molecule has 1 fully saturated rings. The molecule has 20 heavy (non-hydrogen) atoms. The van der Waals surface area contributed by atoms with Crippen molar-refractivity contribution in [3.05, 3.63) is 28.2 Å². The van der Waals surface area contributed by atoms with Crippen LogP contribution in [0.2, 0.25) is 0 Å². The van der Waals surface area contributed by atoms with Crippen molar-refractivity contribution >= 4 is 15.9 Å². The van der Waals surface area contributed by atoms with Crippen LogP contribution in [0.4, 0.5) is 0 Å². The normalized spacial score (nSPS) is 17.6. The highest BCUT2D eigenvalue weighted by Gasteiger charge is 2.14. The Hall–Kier alpha value is -0.580. The number of halogens is 1. The number of hydrogen-bond donors (Lipinski definition) is 0. The number of likely N-dealkylation sites (N-methyl/N-ethyl adjacent to an activating group) is 1. The van der Waals surface area contributed by atoms with E-state index in [0.29, 0.717) is 5.92 Å². The fourth-order valence-electron chi connectivity index (χ4n) is 2.46. The summed E-state index contributed by atoms with van der Waals surface area (Å²) in [6, 6.07) is 6.29. The van der Waals surface area contributed by atoms with Gasteiger partial charge >= 0.3 is 0 Å². The van der Waals surface area contributed by atoms with Gasteiger partial charge in [0.25, 0.3) is 0 Å². The van der Waals surface area contributed by atoms with Crippen molar-refractivity contribution in [3.63, 3.8) is 0 Å². The summed E-state index contributed by atoms with van der Waals surface area (Å²) >= 11 is 3.53. The first-order valence-electron chi connectivity index (χ1n) is 7.39. The SMILES string of the molecule is CC(C)c1cc(Br)ccc1OCCN1CCN(C)CC1. The standard InChI is InChI=1S/C16H25BrN2O/c1-13(2)15-12-14(17)4-5-16(15)20-11-10-19-8-6-18(3)7-9-19/h4-5,12-13H,6-11H2,1-3H3. The molecule has 0 bridgehead atoms. The summed E-state index contributed by atoms with van der Waals surface area (Å²) in [7, 11) is 2.19.